The number of rotatable bonds is 12. The molecule has 0 saturated carbocycles. The van der Waals surface area contributed by atoms with Crippen molar-refractivity contribution in [3.05, 3.63) is 81.2 Å². The highest BCUT2D eigenvalue weighted by molar-refractivity contribution is 7.09. The number of aryl methyl sites for hydroxylation is 1. The lowest BCUT2D eigenvalue weighted by atomic mass is 10.1. The smallest absolute Gasteiger partial charge is 0.335 e. The van der Waals surface area contributed by atoms with E-state index in [9.17, 15) is 19.5 Å². The first-order chi connectivity index (χ1) is 17.9. The van der Waals surface area contributed by atoms with Gasteiger partial charge in [-0.25, -0.2) is 14.6 Å². The number of thiophene rings is 1. The minimum Gasteiger partial charge on any atom is -0.478 e. The van der Waals surface area contributed by atoms with Gasteiger partial charge in [-0.1, -0.05) is 44.9 Å². The predicted molar refractivity (Wildman–Crippen MR) is 143 cm³/mol. The first-order valence-corrected chi connectivity index (χ1v) is 13.5. The van der Waals surface area contributed by atoms with Crippen molar-refractivity contribution < 1.29 is 19.5 Å². The van der Waals surface area contributed by atoms with Crippen molar-refractivity contribution in [1.82, 2.24) is 19.4 Å². The van der Waals surface area contributed by atoms with Gasteiger partial charge in [-0.05, 0) is 48.1 Å². The second-order valence-corrected chi connectivity index (χ2v) is 10.1. The van der Waals surface area contributed by atoms with E-state index in [1.807, 2.05) is 29.0 Å². The van der Waals surface area contributed by atoms with Crippen LogP contribution < -0.4 is 0 Å². The normalized spacial score (nSPS) is 14.8. The van der Waals surface area contributed by atoms with Gasteiger partial charge in [0.05, 0.1) is 24.0 Å². The van der Waals surface area contributed by atoms with E-state index in [0.717, 1.165) is 54.1 Å². The summed E-state index contributed by atoms with van der Waals surface area (Å²) in [5, 5.41) is 11.2. The Morgan fingerprint density at radius 2 is 1.78 bits per heavy atom. The highest BCUT2D eigenvalue weighted by Crippen LogP contribution is 2.28. The van der Waals surface area contributed by atoms with Crippen LogP contribution in [0.4, 0.5) is 4.79 Å². The van der Waals surface area contributed by atoms with Crippen molar-refractivity contribution in [1.29, 1.82) is 0 Å². The molecule has 9 heteroatoms. The Morgan fingerprint density at radius 1 is 1.03 bits per heavy atom. The molecular weight excluding hydrogens is 488 g/mol. The van der Waals surface area contributed by atoms with Crippen molar-refractivity contribution in [2.45, 2.75) is 59.0 Å². The number of urea groups is 1. The highest BCUT2D eigenvalue weighted by Gasteiger charge is 2.40. The first kappa shape index (κ1) is 26.3. The van der Waals surface area contributed by atoms with E-state index in [2.05, 4.69) is 11.9 Å². The monoisotopic (exact) mass is 520 g/mol. The molecule has 0 radical (unpaired) electrons. The van der Waals surface area contributed by atoms with Crippen LogP contribution in [0.2, 0.25) is 0 Å². The third kappa shape index (κ3) is 5.99. The van der Waals surface area contributed by atoms with Crippen LogP contribution in [0.5, 0.6) is 0 Å². The highest BCUT2D eigenvalue weighted by atomic mass is 32.1. The second kappa shape index (κ2) is 12.0. The van der Waals surface area contributed by atoms with Crippen LogP contribution in [-0.2, 0) is 24.3 Å². The molecule has 8 nitrogen and oxygen atoms in total. The van der Waals surface area contributed by atoms with Crippen molar-refractivity contribution in [2.24, 2.45) is 0 Å². The van der Waals surface area contributed by atoms with Gasteiger partial charge in [0.15, 0.2) is 0 Å². The molecule has 0 unspecified atom stereocenters. The molecule has 3 aromatic rings. The zero-order chi connectivity index (χ0) is 26.4. The fourth-order valence-electron chi connectivity index (χ4n) is 4.29. The summed E-state index contributed by atoms with van der Waals surface area (Å²) in [5.74, 6) is -0.366. The minimum absolute atomic E-state index is 0.231. The summed E-state index contributed by atoms with van der Waals surface area (Å²) >= 11 is 1.55. The van der Waals surface area contributed by atoms with Gasteiger partial charge in [-0.2, -0.15) is 0 Å². The van der Waals surface area contributed by atoms with Crippen molar-refractivity contribution in [3.63, 3.8) is 0 Å². The SMILES string of the molecule is CCCCc1ncc(/C=C2/C(=O)N(CCCC)C(=O)N2Cc2cccs2)n1Cc1ccc(C(=O)O)cc1. The Hall–Kier alpha value is -3.72. The summed E-state index contributed by atoms with van der Waals surface area (Å²) in [5.41, 5.74) is 2.24. The molecule has 2 aromatic heterocycles. The van der Waals surface area contributed by atoms with Crippen LogP contribution >= 0.6 is 11.3 Å². The third-order valence-corrected chi connectivity index (χ3v) is 7.26. The molecule has 1 aliphatic rings. The number of imidazole rings is 1. The van der Waals surface area contributed by atoms with E-state index in [0.29, 0.717) is 25.3 Å². The van der Waals surface area contributed by atoms with E-state index in [-0.39, 0.29) is 17.5 Å². The van der Waals surface area contributed by atoms with Crippen molar-refractivity contribution in [3.8, 4) is 0 Å². The number of aromatic carboxylic acids is 1. The number of amides is 3. The van der Waals surface area contributed by atoms with Gasteiger partial charge in [-0.3, -0.25) is 14.6 Å². The van der Waals surface area contributed by atoms with Gasteiger partial charge in [0.25, 0.3) is 5.91 Å². The number of nitrogens with zero attached hydrogens (tertiary/aromatic N) is 4. The molecule has 1 fully saturated rings. The minimum atomic E-state index is -0.967. The lowest BCUT2D eigenvalue weighted by Crippen LogP contribution is -2.33. The van der Waals surface area contributed by atoms with Gasteiger partial charge in [0.1, 0.15) is 11.5 Å². The maximum atomic E-state index is 13.4. The van der Waals surface area contributed by atoms with Gasteiger partial charge < -0.3 is 9.67 Å². The lowest BCUT2D eigenvalue weighted by Gasteiger charge is -2.16. The van der Waals surface area contributed by atoms with Gasteiger partial charge >= 0.3 is 12.0 Å². The van der Waals surface area contributed by atoms with Gasteiger partial charge in [0.2, 0.25) is 0 Å². The molecule has 1 saturated heterocycles. The zero-order valence-electron chi connectivity index (χ0n) is 21.2. The molecule has 3 heterocycles. The van der Waals surface area contributed by atoms with E-state index >= 15 is 0 Å². The molecule has 0 aliphatic carbocycles. The van der Waals surface area contributed by atoms with Crippen molar-refractivity contribution >= 4 is 35.3 Å². The lowest BCUT2D eigenvalue weighted by molar-refractivity contribution is -0.123. The topological polar surface area (TPSA) is 95.7 Å². The largest absolute Gasteiger partial charge is 0.478 e. The van der Waals surface area contributed by atoms with Crippen LogP contribution in [0, 0.1) is 0 Å². The predicted octanol–water partition coefficient (Wildman–Crippen LogP) is 5.64. The van der Waals surface area contributed by atoms with Crippen molar-refractivity contribution in [2.75, 3.05) is 6.54 Å². The Kier molecular flexibility index (Phi) is 8.55. The fraction of sp³-hybridized carbons (Fsp3) is 0.357. The summed E-state index contributed by atoms with van der Waals surface area (Å²) in [6.07, 6.45) is 7.93. The fourth-order valence-corrected chi connectivity index (χ4v) is 4.98. The second-order valence-electron chi connectivity index (χ2n) is 9.08. The standard InChI is InChI=1S/C28H32N4O4S/c1-3-5-9-25-29-17-22(31(25)18-20-10-12-21(13-11-20)27(34)35)16-24-26(33)30(14-6-4-2)28(36)32(24)19-23-8-7-15-37-23/h7-8,10-13,15-17H,3-6,9,14,18-19H2,1-2H3,(H,34,35)/b24-16-. The number of unbranched alkanes of at least 4 members (excludes halogenated alkanes) is 2. The van der Waals surface area contributed by atoms with Crippen LogP contribution in [0.15, 0.2) is 53.7 Å². The van der Waals surface area contributed by atoms with E-state index < -0.39 is 5.97 Å². The van der Waals surface area contributed by atoms with E-state index in [1.54, 1.807) is 52.8 Å². The van der Waals surface area contributed by atoms with Crippen LogP contribution in [0.3, 0.4) is 0 Å². The summed E-state index contributed by atoms with van der Waals surface area (Å²) in [6, 6.07) is 10.4. The number of hydrogen-bond acceptors (Lipinski definition) is 5. The summed E-state index contributed by atoms with van der Waals surface area (Å²) in [4.78, 5) is 46.5. The molecule has 0 atom stereocenters. The molecule has 1 aliphatic heterocycles. The quantitative estimate of drug-likeness (QED) is 0.246. The molecule has 1 aromatic carbocycles. The van der Waals surface area contributed by atoms with Gasteiger partial charge in [-0.15, -0.1) is 11.3 Å². The number of aromatic nitrogens is 2. The molecule has 3 amide bonds. The number of carboxylic acid groups (broad SMARTS) is 1. The summed E-state index contributed by atoms with van der Waals surface area (Å²) < 4.78 is 2.05. The average molecular weight is 521 g/mol. The molecule has 1 N–H and O–H groups in total. The third-order valence-electron chi connectivity index (χ3n) is 6.40. The van der Waals surface area contributed by atoms with Crippen LogP contribution in [-0.4, -0.2) is 48.9 Å². The first-order valence-electron chi connectivity index (χ1n) is 12.7. The molecule has 194 valence electrons. The number of carboxylic acids is 1. The molecule has 0 bridgehead atoms. The van der Waals surface area contributed by atoms with E-state index in [4.69, 9.17) is 0 Å². The molecule has 37 heavy (non-hydrogen) atoms. The maximum absolute atomic E-state index is 13.4. The number of carbonyl (C=O) groups excluding carboxylic acids is 2. The number of hydrogen-bond donors (Lipinski definition) is 1. The Bertz CT molecular complexity index is 1280. The number of imide groups is 1. The maximum Gasteiger partial charge on any atom is 0.335 e. The van der Waals surface area contributed by atoms with Gasteiger partial charge in [0, 0.05) is 24.4 Å². The Labute approximate surface area is 220 Å². The zero-order valence-corrected chi connectivity index (χ0v) is 22.0. The number of carbonyl (C=O) groups is 3. The summed E-state index contributed by atoms with van der Waals surface area (Å²) in [6.45, 7) is 5.36. The van der Waals surface area contributed by atoms with Crippen LogP contribution in [0.25, 0.3) is 6.08 Å². The average Bonchev–Trinajstić information content (AvgIpc) is 3.59. The van der Waals surface area contributed by atoms with E-state index in [1.165, 1.54) is 4.90 Å². The number of benzene rings is 1. The molecule has 0 spiro atoms. The van der Waals surface area contributed by atoms with Crippen LogP contribution in [0.1, 0.15) is 71.8 Å². The molecule has 4 rings (SSSR count). The summed E-state index contributed by atoms with van der Waals surface area (Å²) in [7, 11) is 0. The Balaban J connectivity index is 1.71. The Morgan fingerprint density at radius 3 is 2.43 bits per heavy atom. The molecular formula is C28H32N4O4S.